The number of halogens is 1. The van der Waals surface area contributed by atoms with Gasteiger partial charge in [-0.1, -0.05) is 29.8 Å². The maximum absolute atomic E-state index is 12.6. The maximum atomic E-state index is 12.6. The smallest absolute Gasteiger partial charge is 0.254 e. The Morgan fingerprint density at radius 1 is 1.13 bits per heavy atom. The van der Waals surface area contributed by atoms with Crippen molar-refractivity contribution in [2.75, 3.05) is 6.54 Å². The van der Waals surface area contributed by atoms with Crippen molar-refractivity contribution in [2.45, 2.75) is 19.5 Å². The lowest BCUT2D eigenvalue weighted by molar-refractivity contribution is 0.241. The molecule has 0 atom stereocenters. The topological polar surface area (TPSA) is 90.6 Å². The highest BCUT2D eigenvalue weighted by molar-refractivity contribution is 6.30. The number of H-pyrrole nitrogens is 2. The minimum atomic E-state index is -0.0783. The SMILES string of the molecule is O=c1[nH]c(-c2ccccn2)nc2c1CCN(Cc1cn[nH]c1-c1ccc(Cl)cc1)C2. The van der Waals surface area contributed by atoms with Crippen LogP contribution in [0.2, 0.25) is 5.02 Å². The molecule has 0 aliphatic carbocycles. The zero-order valence-corrected chi connectivity index (χ0v) is 16.9. The van der Waals surface area contributed by atoms with E-state index in [0.717, 1.165) is 34.6 Å². The van der Waals surface area contributed by atoms with E-state index in [1.807, 2.05) is 48.7 Å². The second kappa shape index (κ2) is 7.85. The Morgan fingerprint density at radius 2 is 2.00 bits per heavy atom. The molecule has 4 aromatic rings. The van der Waals surface area contributed by atoms with Crippen molar-refractivity contribution in [3.63, 3.8) is 0 Å². The summed E-state index contributed by atoms with van der Waals surface area (Å²) in [6.45, 7) is 2.09. The Balaban J connectivity index is 1.40. The van der Waals surface area contributed by atoms with Gasteiger partial charge in [0.2, 0.25) is 0 Å². The van der Waals surface area contributed by atoms with Crippen LogP contribution in [0.4, 0.5) is 0 Å². The van der Waals surface area contributed by atoms with Gasteiger partial charge in [0.15, 0.2) is 5.82 Å². The van der Waals surface area contributed by atoms with Gasteiger partial charge in [-0.25, -0.2) is 4.98 Å². The lowest BCUT2D eigenvalue weighted by atomic mass is 10.0. The molecule has 0 saturated heterocycles. The third-order valence-corrected chi connectivity index (χ3v) is 5.56. The molecule has 7 nitrogen and oxygen atoms in total. The molecular weight excluding hydrogens is 400 g/mol. The number of nitrogens with zero attached hydrogens (tertiary/aromatic N) is 4. The number of aromatic nitrogens is 5. The lowest BCUT2D eigenvalue weighted by Crippen LogP contribution is -2.35. The number of pyridine rings is 1. The minimum absolute atomic E-state index is 0.0783. The number of hydrogen-bond acceptors (Lipinski definition) is 5. The van der Waals surface area contributed by atoms with Gasteiger partial charge in [-0.2, -0.15) is 5.10 Å². The van der Waals surface area contributed by atoms with Crippen molar-refractivity contribution in [2.24, 2.45) is 0 Å². The highest BCUT2D eigenvalue weighted by Crippen LogP contribution is 2.26. The van der Waals surface area contributed by atoms with Crippen LogP contribution in [0.5, 0.6) is 0 Å². The molecule has 4 heterocycles. The van der Waals surface area contributed by atoms with Crippen molar-refractivity contribution < 1.29 is 0 Å². The third-order valence-electron chi connectivity index (χ3n) is 5.30. The van der Waals surface area contributed by atoms with Crippen LogP contribution >= 0.6 is 11.6 Å². The third kappa shape index (κ3) is 3.65. The number of benzene rings is 1. The van der Waals surface area contributed by atoms with Crippen LogP contribution < -0.4 is 5.56 Å². The first kappa shape index (κ1) is 18.7. The van der Waals surface area contributed by atoms with Crippen molar-refractivity contribution in [1.82, 2.24) is 30.0 Å². The lowest BCUT2D eigenvalue weighted by Gasteiger charge is -2.27. The summed E-state index contributed by atoms with van der Waals surface area (Å²) in [5, 5.41) is 8.03. The molecule has 3 aromatic heterocycles. The van der Waals surface area contributed by atoms with Crippen molar-refractivity contribution in [1.29, 1.82) is 0 Å². The van der Waals surface area contributed by atoms with E-state index in [1.54, 1.807) is 6.20 Å². The van der Waals surface area contributed by atoms with Gasteiger partial charge < -0.3 is 4.98 Å². The van der Waals surface area contributed by atoms with E-state index in [2.05, 4.69) is 25.1 Å². The van der Waals surface area contributed by atoms with E-state index < -0.39 is 0 Å². The van der Waals surface area contributed by atoms with Crippen molar-refractivity contribution in [3.8, 4) is 22.8 Å². The summed E-state index contributed by atoms with van der Waals surface area (Å²) >= 11 is 6.01. The highest BCUT2D eigenvalue weighted by Gasteiger charge is 2.23. The molecule has 0 saturated carbocycles. The van der Waals surface area contributed by atoms with Crippen molar-refractivity contribution in [3.05, 3.63) is 87.1 Å². The van der Waals surface area contributed by atoms with Crippen LogP contribution in [0.3, 0.4) is 0 Å². The summed E-state index contributed by atoms with van der Waals surface area (Å²) in [4.78, 5) is 26.8. The van der Waals surface area contributed by atoms with Crippen molar-refractivity contribution >= 4 is 11.6 Å². The molecule has 0 spiro atoms. The van der Waals surface area contributed by atoms with Gasteiger partial charge in [0.05, 0.1) is 17.6 Å². The summed E-state index contributed by atoms with van der Waals surface area (Å²) in [6.07, 6.45) is 4.20. The van der Waals surface area contributed by atoms with Crippen LogP contribution in [0.15, 0.2) is 59.7 Å². The first-order valence-corrected chi connectivity index (χ1v) is 10.1. The van der Waals surface area contributed by atoms with E-state index >= 15 is 0 Å². The Bertz CT molecular complexity index is 1230. The van der Waals surface area contributed by atoms with E-state index in [0.29, 0.717) is 36.1 Å². The first-order valence-electron chi connectivity index (χ1n) is 9.71. The Labute approximate surface area is 177 Å². The number of hydrogen-bond donors (Lipinski definition) is 2. The molecule has 0 unspecified atom stereocenters. The average Bonchev–Trinajstić information content (AvgIpc) is 3.22. The normalized spacial score (nSPS) is 13.9. The number of rotatable bonds is 4. The molecule has 0 radical (unpaired) electrons. The van der Waals surface area contributed by atoms with Crippen LogP contribution in [0.1, 0.15) is 16.8 Å². The largest absolute Gasteiger partial charge is 0.305 e. The fourth-order valence-electron chi connectivity index (χ4n) is 3.79. The number of aromatic amines is 2. The zero-order chi connectivity index (χ0) is 20.5. The van der Waals surface area contributed by atoms with Crippen LogP contribution in [0, 0.1) is 0 Å². The fourth-order valence-corrected chi connectivity index (χ4v) is 3.92. The highest BCUT2D eigenvalue weighted by atomic mass is 35.5. The molecule has 0 amide bonds. The predicted octanol–water partition coefficient (Wildman–Crippen LogP) is 3.43. The van der Waals surface area contributed by atoms with E-state index in [1.165, 1.54) is 0 Å². The molecule has 0 fully saturated rings. The molecule has 2 N–H and O–H groups in total. The quantitative estimate of drug-likeness (QED) is 0.529. The molecule has 1 aromatic carbocycles. The van der Waals surface area contributed by atoms with Gasteiger partial charge in [-0.3, -0.25) is 19.8 Å². The molecule has 0 bridgehead atoms. The molecule has 1 aliphatic heterocycles. The molecule has 5 rings (SSSR count). The summed E-state index contributed by atoms with van der Waals surface area (Å²) < 4.78 is 0. The predicted molar refractivity (Wildman–Crippen MR) is 115 cm³/mol. The Kier molecular flexibility index (Phi) is 4.90. The number of fused-ring (bicyclic) bond motifs is 1. The van der Waals surface area contributed by atoms with Gasteiger partial charge in [0.1, 0.15) is 5.69 Å². The second-order valence-corrected chi connectivity index (χ2v) is 7.73. The van der Waals surface area contributed by atoms with Gasteiger partial charge in [-0.05, 0) is 36.2 Å². The molecule has 1 aliphatic rings. The summed E-state index contributed by atoms with van der Waals surface area (Å²) in [5.41, 5.74) is 5.26. The van der Waals surface area contributed by atoms with Crippen LogP contribution in [0.25, 0.3) is 22.8 Å². The summed E-state index contributed by atoms with van der Waals surface area (Å²) in [5.74, 6) is 0.506. The Morgan fingerprint density at radius 3 is 2.80 bits per heavy atom. The Hall–Kier alpha value is -3.29. The monoisotopic (exact) mass is 418 g/mol. The van der Waals surface area contributed by atoms with E-state index in [-0.39, 0.29) is 5.56 Å². The van der Waals surface area contributed by atoms with E-state index in [4.69, 9.17) is 16.6 Å². The first-order chi connectivity index (χ1) is 14.7. The molecule has 150 valence electrons. The van der Waals surface area contributed by atoms with Gasteiger partial charge >= 0.3 is 0 Å². The summed E-state index contributed by atoms with van der Waals surface area (Å²) in [6, 6.07) is 13.3. The number of nitrogens with one attached hydrogen (secondary N) is 2. The van der Waals surface area contributed by atoms with Gasteiger partial charge in [0, 0.05) is 42.0 Å². The fraction of sp³-hybridized carbons (Fsp3) is 0.182. The maximum Gasteiger partial charge on any atom is 0.254 e. The van der Waals surface area contributed by atoms with Gasteiger partial charge in [0.25, 0.3) is 5.56 Å². The molecular formula is C22H19ClN6O. The molecule has 30 heavy (non-hydrogen) atoms. The van der Waals surface area contributed by atoms with Gasteiger partial charge in [-0.15, -0.1) is 0 Å². The second-order valence-electron chi connectivity index (χ2n) is 7.29. The van der Waals surface area contributed by atoms with Crippen LogP contribution in [-0.4, -0.2) is 36.6 Å². The average molecular weight is 419 g/mol. The molecule has 8 heteroatoms. The standard InChI is InChI=1S/C22H19ClN6O/c23-16-6-4-14(5-7-16)20-15(11-25-28-20)12-29-10-8-17-19(13-29)26-21(27-22(17)30)18-3-1-2-9-24-18/h1-7,9,11H,8,10,12-13H2,(H,25,28)(H,26,27,30). The van der Waals surface area contributed by atoms with E-state index in [9.17, 15) is 4.79 Å². The zero-order valence-electron chi connectivity index (χ0n) is 16.1. The summed E-state index contributed by atoms with van der Waals surface area (Å²) in [7, 11) is 0. The minimum Gasteiger partial charge on any atom is -0.305 e. The van der Waals surface area contributed by atoms with Crippen LogP contribution in [-0.2, 0) is 19.5 Å².